The Balaban J connectivity index is 2.08. The summed E-state index contributed by atoms with van der Waals surface area (Å²) in [5, 5.41) is 2.75. The molecule has 0 radical (unpaired) electrons. The van der Waals surface area contributed by atoms with Crippen molar-refractivity contribution in [2.45, 2.75) is 26.3 Å². The summed E-state index contributed by atoms with van der Waals surface area (Å²) in [4.78, 5) is 28.9. The zero-order valence-electron chi connectivity index (χ0n) is 15.4. The minimum absolute atomic E-state index is 0.0552. The second-order valence-electron chi connectivity index (χ2n) is 6.47. The number of carbonyl (C=O) groups is 2. The largest absolute Gasteiger partial charge is 0.425 e. The molecule has 27 heavy (non-hydrogen) atoms. The molecule has 2 aromatic carbocycles. The first-order valence-electron chi connectivity index (χ1n) is 8.62. The van der Waals surface area contributed by atoms with Gasteiger partial charge < -0.3 is 21.5 Å². The molecular weight excluding hydrogens is 344 g/mol. The number of hydrogen-bond acceptors (Lipinski definition) is 4. The van der Waals surface area contributed by atoms with Gasteiger partial charge >= 0.3 is 5.97 Å². The molecular formula is C20H24N4O3. The predicted octanol–water partition coefficient (Wildman–Crippen LogP) is 2.34. The highest BCUT2D eigenvalue weighted by atomic mass is 16.5. The molecule has 2 rings (SSSR count). The molecule has 0 fully saturated rings. The van der Waals surface area contributed by atoms with Gasteiger partial charge in [0.15, 0.2) is 5.96 Å². The lowest BCUT2D eigenvalue weighted by Crippen LogP contribution is -2.43. The lowest BCUT2D eigenvalue weighted by molar-refractivity contribution is -0.137. The van der Waals surface area contributed by atoms with Crippen LogP contribution in [0.25, 0.3) is 0 Å². The predicted molar refractivity (Wildman–Crippen MR) is 105 cm³/mol. The molecule has 0 heterocycles. The Kier molecular flexibility index (Phi) is 6.93. The number of carbonyl (C=O) groups excluding carboxylic acids is 2. The highest BCUT2D eigenvalue weighted by Crippen LogP contribution is 2.19. The summed E-state index contributed by atoms with van der Waals surface area (Å²) in [6.07, 6.45) is 0.462. The van der Waals surface area contributed by atoms with E-state index in [1.54, 1.807) is 48.5 Å². The number of benzene rings is 2. The van der Waals surface area contributed by atoms with Gasteiger partial charge in [-0.1, -0.05) is 32.0 Å². The number of amides is 1. The Hall–Kier alpha value is -3.35. The van der Waals surface area contributed by atoms with Crippen LogP contribution < -0.4 is 21.5 Å². The molecule has 2 aromatic rings. The second kappa shape index (κ2) is 9.38. The molecule has 0 saturated carbocycles. The summed E-state index contributed by atoms with van der Waals surface area (Å²) in [5.41, 5.74) is 11.7. The average Bonchev–Trinajstić information content (AvgIpc) is 2.62. The zero-order valence-corrected chi connectivity index (χ0v) is 15.4. The molecule has 1 amide bonds. The van der Waals surface area contributed by atoms with Crippen molar-refractivity contribution in [1.29, 1.82) is 0 Å². The van der Waals surface area contributed by atoms with E-state index in [1.807, 2.05) is 19.9 Å². The van der Waals surface area contributed by atoms with Gasteiger partial charge in [0.2, 0.25) is 0 Å². The van der Waals surface area contributed by atoms with Crippen LogP contribution in [0.3, 0.4) is 0 Å². The third-order valence-electron chi connectivity index (χ3n) is 3.65. The van der Waals surface area contributed by atoms with Crippen LogP contribution in [0, 0.1) is 5.92 Å². The Morgan fingerprint density at radius 2 is 1.67 bits per heavy atom. The lowest BCUT2D eigenvalue weighted by atomic mass is 10.0. The minimum Gasteiger partial charge on any atom is -0.425 e. The van der Waals surface area contributed by atoms with E-state index in [0.29, 0.717) is 23.4 Å². The monoisotopic (exact) mass is 368 g/mol. The Morgan fingerprint density at radius 1 is 1.04 bits per heavy atom. The summed E-state index contributed by atoms with van der Waals surface area (Å²) >= 11 is 0. The Labute approximate surface area is 158 Å². The number of rotatable bonds is 7. The van der Waals surface area contributed by atoms with Crippen LogP contribution in [0.2, 0.25) is 0 Å². The highest BCUT2D eigenvalue weighted by Gasteiger charge is 2.24. The molecule has 5 N–H and O–H groups in total. The van der Waals surface area contributed by atoms with Gasteiger partial charge in [-0.05, 0) is 48.7 Å². The van der Waals surface area contributed by atoms with Crippen molar-refractivity contribution in [3.63, 3.8) is 0 Å². The number of nitrogens with one attached hydrogen (secondary N) is 1. The van der Waals surface area contributed by atoms with Gasteiger partial charge in [0, 0.05) is 5.56 Å². The van der Waals surface area contributed by atoms with Crippen LogP contribution in [0.1, 0.15) is 30.6 Å². The third kappa shape index (κ3) is 6.47. The van der Waals surface area contributed by atoms with Crippen molar-refractivity contribution >= 4 is 23.5 Å². The fraction of sp³-hybridized carbons (Fsp3) is 0.250. The molecule has 7 heteroatoms. The molecule has 0 unspecified atom stereocenters. The van der Waals surface area contributed by atoms with E-state index >= 15 is 0 Å². The van der Waals surface area contributed by atoms with Crippen LogP contribution in [0.4, 0.5) is 5.69 Å². The first kappa shape index (κ1) is 20.0. The maximum absolute atomic E-state index is 12.6. The van der Waals surface area contributed by atoms with E-state index < -0.39 is 12.0 Å². The minimum atomic E-state index is -0.755. The SMILES string of the molecule is CC(C)C[C@H](NC(=O)c1ccccc1)C(=O)Oc1ccc(N=C(N)N)cc1. The van der Waals surface area contributed by atoms with Crippen molar-refractivity contribution in [3.8, 4) is 5.75 Å². The van der Waals surface area contributed by atoms with E-state index in [1.165, 1.54) is 0 Å². The normalized spacial score (nSPS) is 11.5. The summed E-state index contributed by atoms with van der Waals surface area (Å²) in [7, 11) is 0. The standard InChI is InChI=1S/C20H24N4O3/c1-13(2)12-17(24-18(25)14-6-4-3-5-7-14)19(26)27-16-10-8-15(9-11-16)23-20(21)22/h3-11,13,17H,12H2,1-2H3,(H,24,25)(H4,21,22,23)/t17-/m0/s1. The molecule has 0 aromatic heterocycles. The van der Waals surface area contributed by atoms with Crippen LogP contribution in [0.5, 0.6) is 5.75 Å². The van der Waals surface area contributed by atoms with Crippen LogP contribution in [0.15, 0.2) is 59.6 Å². The van der Waals surface area contributed by atoms with E-state index in [-0.39, 0.29) is 17.8 Å². The molecule has 0 aliphatic heterocycles. The number of guanidine groups is 1. The van der Waals surface area contributed by atoms with Gasteiger partial charge in [-0.2, -0.15) is 0 Å². The summed E-state index contributed by atoms with van der Waals surface area (Å²) in [6, 6.07) is 14.4. The van der Waals surface area contributed by atoms with Gasteiger partial charge in [-0.25, -0.2) is 9.79 Å². The molecule has 0 aliphatic carbocycles. The summed E-state index contributed by atoms with van der Waals surface area (Å²) < 4.78 is 5.41. The zero-order chi connectivity index (χ0) is 19.8. The molecule has 7 nitrogen and oxygen atoms in total. The first-order chi connectivity index (χ1) is 12.8. The smallest absolute Gasteiger partial charge is 0.334 e. The van der Waals surface area contributed by atoms with E-state index in [4.69, 9.17) is 16.2 Å². The summed E-state index contributed by atoms with van der Waals surface area (Å²) in [5.74, 6) is -0.357. The van der Waals surface area contributed by atoms with Crippen LogP contribution in [-0.2, 0) is 4.79 Å². The van der Waals surface area contributed by atoms with Gasteiger partial charge in [0.1, 0.15) is 11.8 Å². The van der Waals surface area contributed by atoms with Crippen LogP contribution >= 0.6 is 0 Å². The number of ether oxygens (including phenoxy) is 1. The van der Waals surface area contributed by atoms with Crippen molar-refractivity contribution < 1.29 is 14.3 Å². The van der Waals surface area contributed by atoms with Gasteiger partial charge in [0.05, 0.1) is 5.69 Å². The number of aliphatic imine (C=N–C) groups is 1. The number of esters is 1. The second-order valence-corrected chi connectivity index (χ2v) is 6.47. The molecule has 1 atom stereocenters. The molecule has 0 aliphatic rings. The van der Waals surface area contributed by atoms with Crippen molar-refractivity contribution in [3.05, 3.63) is 60.2 Å². The summed E-state index contributed by atoms with van der Waals surface area (Å²) in [6.45, 7) is 3.94. The third-order valence-corrected chi connectivity index (χ3v) is 3.65. The first-order valence-corrected chi connectivity index (χ1v) is 8.62. The topological polar surface area (TPSA) is 120 Å². The molecule has 0 saturated heterocycles. The van der Waals surface area contributed by atoms with Crippen molar-refractivity contribution in [2.75, 3.05) is 0 Å². The van der Waals surface area contributed by atoms with Crippen LogP contribution in [-0.4, -0.2) is 23.9 Å². The highest BCUT2D eigenvalue weighted by molar-refractivity contribution is 5.97. The van der Waals surface area contributed by atoms with E-state index in [2.05, 4.69) is 10.3 Å². The average molecular weight is 368 g/mol. The van der Waals surface area contributed by atoms with Gasteiger partial charge in [-0.3, -0.25) is 4.79 Å². The molecule has 0 spiro atoms. The Bertz CT molecular complexity index is 798. The van der Waals surface area contributed by atoms with Gasteiger partial charge in [-0.15, -0.1) is 0 Å². The fourth-order valence-corrected chi connectivity index (χ4v) is 2.44. The number of nitrogens with two attached hydrogens (primary N) is 2. The maximum Gasteiger partial charge on any atom is 0.334 e. The van der Waals surface area contributed by atoms with Crippen molar-refractivity contribution in [2.24, 2.45) is 22.4 Å². The number of hydrogen-bond donors (Lipinski definition) is 3. The Morgan fingerprint density at radius 3 is 2.22 bits per heavy atom. The molecule has 0 bridgehead atoms. The van der Waals surface area contributed by atoms with Crippen molar-refractivity contribution in [1.82, 2.24) is 5.32 Å². The molecule has 142 valence electrons. The van der Waals surface area contributed by atoms with E-state index in [9.17, 15) is 9.59 Å². The van der Waals surface area contributed by atoms with E-state index in [0.717, 1.165) is 0 Å². The maximum atomic E-state index is 12.6. The fourth-order valence-electron chi connectivity index (χ4n) is 2.44. The lowest BCUT2D eigenvalue weighted by Gasteiger charge is -2.19. The van der Waals surface area contributed by atoms with Gasteiger partial charge in [0.25, 0.3) is 5.91 Å². The number of nitrogens with zero attached hydrogens (tertiary/aromatic N) is 1. The quantitative estimate of drug-likeness (QED) is 0.300.